The van der Waals surface area contributed by atoms with Crippen molar-refractivity contribution in [1.82, 2.24) is 23.3 Å². The molecule has 1 N–H and O–H groups in total. The van der Waals surface area contributed by atoms with Crippen LogP contribution >= 0.6 is 0 Å². The number of aryl methyl sites for hydroxylation is 3. The molecule has 0 aliphatic carbocycles. The van der Waals surface area contributed by atoms with Crippen molar-refractivity contribution in [2.24, 2.45) is 0 Å². The quantitative estimate of drug-likeness (QED) is 0.407. The third-order valence-electron chi connectivity index (χ3n) is 6.20. The molecule has 4 aromatic heterocycles. The molecule has 2 aromatic carbocycles. The fourth-order valence-electron chi connectivity index (χ4n) is 4.51. The highest BCUT2D eigenvalue weighted by Crippen LogP contribution is 2.34. The van der Waals surface area contributed by atoms with E-state index in [9.17, 15) is 8.42 Å². The number of imidazole rings is 1. The smallest absolute Gasteiger partial charge is 0.269 e. The van der Waals surface area contributed by atoms with Crippen LogP contribution in [0.25, 0.3) is 38.8 Å². The fourth-order valence-corrected chi connectivity index (χ4v) is 5.81. The number of nitrogens with one attached hydrogen (secondary N) is 1. The summed E-state index contributed by atoms with van der Waals surface area (Å²) in [6.07, 6.45) is 5.19. The molecular weight excluding hydrogens is 434 g/mol. The van der Waals surface area contributed by atoms with E-state index in [4.69, 9.17) is 4.98 Å². The Kier molecular flexibility index (Phi) is 4.07. The van der Waals surface area contributed by atoms with Gasteiger partial charge in [-0.3, -0.25) is 4.40 Å². The Morgan fingerprint density at radius 2 is 1.70 bits per heavy atom. The standard InChI is InChI=1S/C25H21N5O2S/c1-15-4-7-18(8-5-15)33(31,32)29-13-11-21-25(29)27-14-22-24(28-17(3)30(21)22)19-9-6-16(2)23-20(19)10-12-26-23/h4-14,26H,1-3H3. The summed E-state index contributed by atoms with van der Waals surface area (Å²) in [6.45, 7) is 5.92. The Balaban J connectivity index is 1.59. The molecule has 0 spiro atoms. The van der Waals surface area contributed by atoms with Crippen LogP contribution in [0.5, 0.6) is 0 Å². The largest absolute Gasteiger partial charge is 0.361 e. The van der Waals surface area contributed by atoms with Gasteiger partial charge in [0, 0.05) is 28.9 Å². The van der Waals surface area contributed by atoms with Crippen LogP contribution in [-0.4, -0.2) is 31.7 Å². The minimum Gasteiger partial charge on any atom is -0.361 e. The van der Waals surface area contributed by atoms with Gasteiger partial charge in [-0.25, -0.2) is 22.4 Å². The SMILES string of the molecule is Cc1ccc(S(=O)(=O)n2ccc3c2ncc2c(-c4ccc(C)c5[nH]ccc45)nc(C)n23)cc1. The lowest BCUT2D eigenvalue weighted by Crippen LogP contribution is -2.12. The maximum Gasteiger partial charge on any atom is 0.269 e. The maximum atomic E-state index is 13.3. The minimum atomic E-state index is -3.78. The van der Waals surface area contributed by atoms with Crippen LogP contribution < -0.4 is 0 Å². The highest BCUT2D eigenvalue weighted by Gasteiger charge is 2.23. The Bertz CT molecular complexity index is 1810. The van der Waals surface area contributed by atoms with E-state index < -0.39 is 10.0 Å². The molecule has 0 saturated carbocycles. The van der Waals surface area contributed by atoms with Crippen LogP contribution in [0.4, 0.5) is 0 Å². The van der Waals surface area contributed by atoms with Crippen LogP contribution in [0.15, 0.2) is 72.0 Å². The molecule has 164 valence electrons. The molecule has 0 radical (unpaired) electrons. The molecule has 0 unspecified atom stereocenters. The number of rotatable bonds is 3. The summed E-state index contributed by atoms with van der Waals surface area (Å²) in [6, 6.07) is 14.8. The molecule has 4 heterocycles. The lowest BCUT2D eigenvalue weighted by molar-refractivity contribution is 0.588. The highest BCUT2D eigenvalue weighted by molar-refractivity contribution is 7.90. The molecule has 0 amide bonds. The summed E-state index contributed by atoms with van der Waals surface area (Å²) < 4.78 is 29.8. The van der Waals surface area contributed by atoms with Crippen molar-refractivity contribution in [3.8, 4) is 11.3 Å². The van der Waals surface area contributed by atoms with Crippen LogP contribution in [0.3, 0.4) is 0 Å². The van der Waals surface area contributed by atoms with E-state index in [0.29, 0.717) is 11.2 Å². The number of benzene rings is 2. The summed E-state index contributed by atoms with van der Waals surface area (Å²) >= 11 is 0. The summed E-state index contributed by atoms with van der Waals surface area (Å²) in [5.41, 5.74) is 6.96. The number of fused-ring (bicyclic) bond motifs is 4. The first-order valence-electron chi connectivity index (χ1n) is 10.6. The Morgan fingerprint density at radius 3 is 2.48 bits per heavy atom. The number of aromatic nitrogens is 5. The lowest BCUT2D eigenvalue weighted by atomic mass is 10.0. The zero-order chi connectivity index (χ0) is 22.9. The average Bonchev–Trinajstić information content (AvgIpc) is 3.52. The molecule has 0 bridgehead atoms. The first-order valence-corrected chi connectivity index (χ1v) is 12.0. The zero-order valence-electron chi connectivity index (χ0n) is 18.4. The summed E-state index contributed by atoms with van der Waals surface area (Å²) in [5, 5.41) is 1.09. The van der Waals surface area contributed by atoms with Crippen molar-refractivity contribution in [2.45, 2.75) is 25.7 Å². The highest BCUT2D eigenvalue weighted by atomic mass is 32.2. The van der Waals surface area contributed by atoms with E-state index in [-0.39, 0.29) is 4.90 Å². The van der Waals surface area contributed by atoms with Crippen molar-refractivity contribution < 1.29 is 8.42 Å². The second kappa shape index (κ2) is 6.79. The molecule has 0 atom stereocenters. The van der Waals surface area contributed by atoms with E-state index in [0.717, 1.165) is 44.6 Å². The van der Waals surface area contributed by atoms with Crippen molar-refractivity contribution in [3.05, 3.63) is 84.1 Å². The fraction of sp³-hybridized carbons (Fsp3) is 0.120. The van der Waals surface area contributed by atoms with Crippen LogP contribution in [0, 0.1) is 20.8 Å². The topological polar surface area (TPSA) is 85.0 Å². The average molecular weight is 456 g/mol. The Labute approximate surface area is 190 Å². The predicted molar refractivity (Wildman–Crippen MR) is 129 cm³/mol. The molecule has 6 aromatic rings. The van der Waals surface area contributed by atoms with Gasteiger partial charge in [0.25, 0.3) is 10.0 Å². The Hall–Kier alpha value is -3.91. The van der Waals surface area contributed by atoms with E-state index in [2.05, 4.69) is 35.1 Å². The summed E-state index contributed by atoms with van der Waals surface area (Å²) in [4.78, 5) is 13.0. The summed E-state index contributed by atoms with van der Waals surface area (Å²) in [7, 11) is -3.78. The molecule has 6 rings (SSSR count). The molecule has 0 aliphatic rings. The van der Waals surface area contributed by atoms with Gasteiger partial charge in [-0.15, -0.1) is 0 Å². The lowest BCUT2D eigenvalue weighted by Gasteiger charge is -2.08. The first kappa shape index (κ1) is 19.8. The van der Waals surface area contributed by atoms with E-state index in [1.54, 1.807) is 42.7 Å². The first-order chi connectivity index (χ1) is 15.9. The number of hydrogen-bond acceptors (Lipinski definition) is 4. The second-order valence-corrected chi connectivity index (χ2v) is 10.1. The summed E-state index contributed by atoms with van der Waals surface area (Å²) in [5.74, 6) is 0.766. The molecule has 0 fully saturated rings. The van der Waals surface area contributed by atoms with Gasteiger partial charge in [0.15, 0.2) is 5.65 Å². The minimum absolute atomic E-state index is 0.227. The van der Waals surface area contributed by atoms with E-state index >= 15 is 0 Å². The monoisotopic (exact) mass is 455 g/mol. The van der Waals surface area contributed by atoms with Crippen molar-refractivity contribution >= 4 is 37.6 Å². The normalized spacial score (nSPS) is 12.3. The molecule has 8 heteroatoms. The van der Waals surface area contributed by atoms with Gasteiger partial charge in [0.05, 0.1) is 27.8 Å². The van der Waals surface area contributed by atoms with Crippen LogP contribution in [0.2, 0.25) is 0 Å². The van der Waals surface area contributed by atoms with E-state index in [1.165, 1.54) is 3.97 Å². The van der Waals surface area contributed by atoms with Gasteiger partial charge in [0.2, 0.25) is 0 Å². The van der Waals surface area contributed by atoms with Crippen molar-refractivity contribution in [2.75, 3.05) is 0 Å². The molecule has 7 nitrogen and oxygen atoms in total. The van der Waals surface area contributed by atoms with Gasteiger partial charge in [-0.2, -0.15) is 0 Å². The number of aromatic amines is 1. The molecule has 0 saturated heterocycles. The van der Waals surface area contributed by atoms with Crippen LogP contribution in [0.1, 0.15) is 17.0 Å². The third-order valence-corrected chi connectivity index (χ3v) is 7.88. The van der Waals surface area contributed by atoms with Crippen molar-refractivity contribution in [1.29, 1.82) is 0 Å². The Morgan fingerprint density at radius 1 is 0.909 bits per heavy atom. The van der Waals surface area contributed by atoms with Crippen LogP contribution in [-0.2, 0) is 10.0 Å². The van der Waals surface area contributed by atoms with E-state index in [1.807, 2.05) is 24.4 Å². The van der Waals surface area contributed by atoms with Crippen molar-refractivity contribution in [3.63, 3.8) is 0 Å². The predicted octanol–water partition coefficient (Wildman–Crippen LogP) is 4.99. The molecule has 0 aliphatic heterocycles. The number of H-pyrrole nitrogens is 1. The molecular formula is C25H21N5O2S. The zero-order valence-corrected chi connectivity index (χ0v) is 19.2. The maximum absolute atomic E-state index is 13.3. The van der Waals surface area contributed by atoms with Gasteiger partial charge >= 0.3 is 0 Å². The second-order valence-electron chi connectivity index (χ2n) is 8.32. The number of nitrogens with zero attached hydrogens (tertiary/aromatic N) is 4. The van der Waals surface area contributed by atoms with Gasteiger partial charge in [0.1, 0.15) is 5.82 Å². The third kappa shape index (κ3) is 2.77. The van der Waals surface area contributed by atoms with Gasteiger partial charge < -0.3 is 4.98 Å². The number of hydrogen-bond donors (Lipinski definition) is 1. The van der Waals surface area contributed by atoms with Gasteiger partial charge in [-0.1, -0.05) is 29.8 Å². The molecule has 33 heavy (non-hydrogen) atoms. The van der Waals surface area contributed by atoms with Gasteiger partial charge in [-0.05, 0) is 50.6 Å².